The second kappa shape index (κ2) is 10.8. The van der Waals surface area contributed by atoms with E-state index in [-0.39, 0.29) is 24.2 Å². The number of benzene rings is 2. The summed E-state index contributed by atoms with van der Waals surface area (Å²) in [6.07, 6.45) is -3.16. The summed E-state index contributed by atoms with van der Waals surface area (Å²) in [5.74, 6) is -1.36. The minimum absolute atomic E-state index is 0.0978. The average molecular weight is 464 g/mol. The lowest BCUT2D eigenvalue weighted by Crippen LogP contribution is -2.43. The molecule has 0 unspecified atom stereocenters. The number of piperidine rings is 1. The Morgan fingerprint density at radius 1 is 1.06 bits per heavy atom. The van der Waals surface area contributed by atoms with Gasteiger partial charge in [0.1, 0.15) is 6.61 Å². The number of carbonyl (C=O) groups is 2. The number of amides is 1. The number of rotatable bonds is 8. The van der Waals surface area contributed by atoms with Crippen molar-refractivity contribution in [3.63, 3.8) is 0 Å². The highest BCUT2D eigenvalue weighted by molar-refractivity contribution is 6.06. The van der Waals surface area contributed by atoms with Crippen LogP contribution in [0.1, 0.15) is 34.3 Å². The van der Waals surface area contributed by atoms with Crippen LogP contribution in [0.3, 0.4) is 0 Å². The lowest BCUT2D eigenvalue weighted by atomic mass is 10.1. The summed E-state index contributed by atoms with van der Waals surface area (Å²) in [4.78, 5) is 27.6. The van der Waals surface area contributed by atoms with Gasteiger partial charge in [0.25, 0.3) is 5.91 Å². The molecule has 0 aromatic heterocycles. The lowest BCUT2D eigenvalue weighted by Gasteiger charge is -2.33. The number of aliphatic carboxylic acids is 1. The standard InChI is InChI=1S/C24H27F3N2O4/c1-17-2-8-20(9-3-17)29(23(32)18-4-6-19(7-5-18)24(25,26)27)15-14-28-12-10-21(11-13-28)33-16-22(30)31/h2-9,21H,10-16H2,1H3,(H,30,31). The van der Waals surface area contributed by atoms with Crippen LogP contribution < -0.4 is 4.90 Å². The van der Waals surface area contributed by atoms with E-state index in [9.17, 15) is 22.8 Å². The number of carbonyl (C=O) groups excluding carboxylic acids is 1. The van der Waals surface area contributed by atoms with Crippen LogP contribution in [0.2, 0.25) is 0 Å². The van der Waals surface area contributed by atoms with Crippen molar-refractivity contribution in [2.45, 2.75) is 32.0 Å². The largest absolute Gasteiger partial charge is 0.480 e. The normalized spacial score (nSPS) is 15.4. The highest BCUT2D eigenvalue weighted by Gasteiger charge is 2.30. The van der Waals surface area contributed by atoms with E-state index >= 15 is 0 Å². The number of hydrogen-bond acceptors (Lipinski definition) is 4. The number of nitrogens with zero attached hydrogens (tertiary/aromatic N) is 2. The van der Waals surface area contributed by atoms with Gasteiger partial charge in [0.15, 0.2) is 0 Å². The number of hydrogen-bond donors (Lipinski definition) is 1. The second-order valence-corrected chi connectivity index (χ2v) is 8.11. The van der Waals surface area contributed by atoms with Gasteiger partial charge in [-0.15, -0.1) is 0 Å². The first-order valence-electron chi connectivity index (χ1n) is 10.7. The molecule has 1 aliphatic heterocycles. The van der Waals surface area contributed by atoms with E-state index in [0.29, 0.717) is 44.7 Å². The Bertz CT molecular complexity index is 938. The molecule has 3 rings (SSSR count). The molecular weight excluding hydrogens is 437 g/mol. The first kappa shape index (κ1) is 24.7. The van der Waals surface area contributed by atoms with E-state index in [1.165, 1.54) is 12.1 Å². The summed E-state index contributed by atoms with van der Waals surface area (Å²) >= 11 is 0. The van der Waals surface area contributed by atoms with Crippen LogP contribution >= 0.6 is 0 Å². The van der Waals surface area contributed by atoms with Gasteiger partial charge >= 0.3 is 12.1 Å². The van der Waals surface area contributed by atoms with Crippen LogP contribution in [-0.4, -0.2) is 60.8 Å². The minimum atomic E-state index is -4.46. The first-order valence-corrected chi connectivity index (χ1v) is 10.7. The van der Waals surface area contributed by atoms with Crippen molar-refractivity contribution in [3.8, 4) is 0 Å². The first-order chi connectivity index (χ1) is 15.6. The number of likely N-dealkylation sites (tertiary alicyclic amines) is 1. The van der Waals surface area contributed by atoms with Crippen molar-refractivity contribution in [1.82, 2.24) is 4.90 Å². The maximum Gasteiger partial charge on any atom is 0.416 e. The molecule has 0 bridgehead atoms. The van der Waals surface area contributed by atoms with Gasteiger partial charge in [-0.1, -0.05) is 17.7 Å². The molecule has 1 heterocycles. The fraction of sp³-hybridized carbons (Fsp3) is 0.417. The number of anilines is 1. The summed E-state index contributed by atoms with van der Waals surface area (Å²) in [5, 5.41) is 8.74. The van der Waals surface area contributed by atoms with Crippen molar-refractivity contribution < 1.29 is 32.6 Å². The molecule has 1 amide bonds. The maximum absolute atomic E-state index is 13.2. The quantitative estimate of drug-likeness (QED) is 0.633. The van der Waals surface area contributed by atoms with Crippen molar-refractivity contribution >= 4 is 17.6 Å². The van der Waals surface area contributed by atoms with Gasteiger partial charge < -0.3 is 19.6 Å². The molecule has 178 valence electrons. The molecule has 0 aliphatic carbocycles. The number of carboxylic acids is 1. The van der Waals surface area contributed by atoms with Crippen LogP contribution in [0.4, 0.5) is 18.9 Å². The summed E-state index contributed by atoms with van der Waals surface area (Å²) in [6.45, 7) is 3.98. The SMILES string of the molecule is Cc1ccc(N(CCN2CCC(OCC(=O)O)CC2)C(=O)c2ccc(C(F)(F)F)cc2)cc1. The zero-order valence-electron chi connectivity index (χ0n) is 18.3. The van der Waals surface area contributed by atoms with Gasteiger partial charge in [0.05, 0.1) is 11.7 Å². The van der Waals surface area contributed by atoms with E-state index < -0.39 is 17.7 Å². The molecular formula is C24H27F3N2O4. The number of alkyl halides is 3. The zero-order chi connectivity index (χ0) is 24.0. The smallest absolute Gasteiger partial charge is 0.416 e. The van der Waals surface area contributed by atoms with E-state index in [1.807, 2.05) is 31.2 Å². The molecule has 0 radical (unpaired) electrons. The molecule has 1 N–H and O–H groups in total. The monoisotopic (exact) mass is 464 g/mol. The van der Waals surface area contributed by atoms with Gasteiger partial charge in [-0.05, 0) is 56.2 Å². The van der Waals surface area contributed by atoms with E-state index in [1.54, 1.807) is 4.90 Å². The molecule has 2 aromatic rings. The molecule has 6 nitrogen and oxygen atoms in total. The van der Waals surface area contributed by atoms with E-state index in [0.717, 1.165) is 17.7 Å². The highest BCUT2D eigenvalue weighted by atomic mass is 19.4. The molecule has 1 saturated heterocycles. The Morgan fingerprint density at radius 3 is 2.21 bits per heavy atom. The Labute approximate surface area is 190 Å². The van der Waals surface area contributed by atoms with Gasteiger partial charge in [-0.3, -0.25) is 4.79 Å². The van der Waals surface area contributed by atoms with Gasteiger partial charge in [-0.25, -0.2) is 4.79 Å². The van der Waals surface area contributed by atoms with Gasteiger partial charge in [0.2, 0.25) is 0 Å². The Balaban J connectivity index is 1.67. The van der Waals surface area contributed by atoms with Gasteiger partial charge in [0, 0.05) is 37.4 Å². The zero-order valence-corrected chi connectivity index (χ0v) is 18.3. The fourth-order valence-electron chi connectivity index (χ4n) is 3.76. The third kappa shape index (κ3) is 7.03. The Hall–Kier alpha value is -2.91. The van der Waals surface area contributed by atoms with Crippen LogP contribution in [0.25, 0.3) is 0 Å². The van der Waals surface area contributed by atoms with E-state index in [2.05, 4.69) is 4.90 Å². The summed E-state index contributed by atoms with van der Waals surface area (Å²) in [6, 6.07) is 11.7. The van der Waals surface area contributed by atoms with Crippen LogP contribution in [0.15, 0.2) is 48.5 Å². The topological polar surface area (TPSA) is 70.1 Å². The predicted octanol–water partition coefficient (Wildman–Crippen LogP) is 4.23. The maximum atomic E-state index is 13.2. The molecule has 1 aliphatic rings. The number of carboxylic acid groups (broad SMARTS) is 1. The second-order valence-electron chi connectivity index (χ2n) is 8.11. The number of halogens is 3. The van der Waals surface area contributed by atoms with Crippen LogP contribution in [0, 0.1) is 6.92 Å². The Morgan fingerprint density at radius 2 is 1.67 bits per heavy atom. The van der Waals surface area contributed by atoms with Crippen molar-refractivity contribution in [2.75, 3.05) is 37.7 Å². The fourth-order valence-corrected chi connectivity index (χ4v) is 3.76. The molecule has 1 fully saturated rings. The van der Waals surface area contributed by atoms with Gasteiger partial charge in [-0.2, -0.15) is 13.2 Å². The number of ether oxygens (including phenoxy) is 1. The van der Waals surface area contributed by atoms with Crippen molar-refractivity contribution in [3.05, 3.63) is 65.2 Å². The Kier molecular flexibility index (Phi) is 8.10. The third-order valence-electron chi connectivity index (χ3n) is 5.67. The highest BCUT2D eigenvalue weighted by Crippen LogP contribution is 2.29. The molecule has 0 saturated carbocycles. The minimum Gasteiger partial charge on any atom is -0.480 e. The number of aryl methyl sites for hydroxylation is 1. The third-order valence-corrected chi connectivity index (χ3v) is 5.67. The van der Waals surface area contributed by atoms with Crippen molar-refractivity contribution in [2.24, 2.45) is 0 Å². The lowest BCUT2D eigenvalue weighted by molar-refractivity contribution is -0.145. The molecule has 0 spiro atoms. The molecule has 9 heteroatoms. The van der Waals surface area contributed by atoms with Crippen LogP contribution in [0.5, 0.6) is 0 Å². The van der Waals surface area contributed by atoms with E-state index in [4.69, 9.17) is 9.84 Å². The summed E-state index contributed by atoms with van der Waals surface area (Å²) < 4.78 is 44.0. The molecule has 0 atom stereocenters. The predicted molar refractivity (Wildman–Crippen MR) is 117 cm³/mol. The van der Waals surface area contributed by atoms with Crippen LogP contribution in [-0.2, 0) is 15.7 Å². The molecule has 33 heavy (non-hydrogen) atoms. The summed E-state index contributed by atoms with van der Waals surface area (Å²) in [7, 11) is 0. The average Bonchev–Trinajstić information content (AvgIpc) is 2.79. The van der Waals surface area contributed by atoms with Crippen molar-refractivity contribution in [1.29, 1.82) is 0 Å². The summed E-state index contributed by atoms with van der Waals surface area (Å²) in [5.41, 5.74) is 1.09. The molecule has 2 aromatic carbocycles.